The summed E-state index contributed by atoms with van der Waals surface area (Å²) >= 11 is 3.38. The van der Waals surface area contributed by atoms with E-state index in [0.29, 0.717) is 12.8 Å². The maximum Gasteiger partial charge on any atom is 0.0975 e. The molecule has 1 aliphatic carbocycles. The third-order valence-electron chi connectivity index (χ3n) is 3.71. The largest absolute Gasteiger partial charge is 0.748 e. The fourth-order valence-electron chi connectivity index (χ4n) is 2.73. The van der Waals surface area contributed by atoms with Gasteiger partial charge in [0.1, 0.15) is 0 Å². The van der Waals surface area contributed by atoms with E-state index in [9.17, 15) is 13.0 Å². The van der Waals surface area contributed by atoms with Gasteiger partial charge in [0.15, 0.2) is 0 Å². The van der Waals surface area contributed by atoms with Crippen molar-refractivity contribution in [2.24, 2.45) is 0 Å². The molecule has 0 saturated carbocycles. The van der Waals surface area contributed by atoms with E-state index < -0.39 is 15.4 Å². The molecule has 3 rings (SSSR count). The van der Waals surface area contributed by atoms with Gasteiger partial charge in [-0.25, -0.2) is 8.42 Å². The molecule has 1 atom stereocenters. The molecule has 3 nitrogen and oxygen atoms in total. The molecule has 0 amide bonds. The van der Waals surface area contributed by atoms with Crippen LogP contribution in [0, 0.1) is 0 Å². The van der Waals surface area contributed by atoms with Crippen LogP contribution in [-0.2, 0) is 10.1 Å². The van der Waals surface area contributed by atoms with Crippen LogP contribution in [-0.4, -0.2) is 18.2 Å². The van der Waals surface area contributed by atoms with Gasteiger partial charge in [-0.1, -0.05) is 6.92 Å². The summed E-state index contributed by atoms with van der Waals surface area (Å²) in [5.74, 6) is 0.0659. The maximum absolute atomic E-state index is 11.3. The van der Waals surface area contributed by atoms with Gasteiger partial charge in [-0.15, -0.1) is 22.7 Å². The molecule has 0 spiro atoms. The summed E-state index contributed by atoms with van der Waals surface area (Å²) in [6.07, 6.45) is 0.775. The first-order chi connectivity index (χ1) is 9.02. The molecule has 0 bridgehead atoms. The van der Waals surface area contributed by atoms with Crippen molar-refractivity contribution in [3.8, 4) is 9.75 Å². The molecular formula is C13H13O3S3-. The average molecular weight is 313 g/mol. The first-order valence-corrected chi connectivity index (χ1v) is 9.35. The van der Waals surface area contributed by atoms with E-state index in [0.717, 1.165) is 0 Å². The molecule has 2 aromatic rings. The Balaban J connectivity index is 1.99. The van der Waals surface area contributed by atoms with Gasteiger partial charge in [0.2, 0.25) is 0 Å². The van der Waals surface area contributed by atoms with E-state index in [1.54, 1.807) is 29.6 Å². The van der Waals surface area contributed by atoms with Crippen molar-refractivity contribution in [1.29, 1.82) is 0 Å². The zero-order chi connectivity index (χ0) is 13.6. The highest BCUT2D eigenvalue weighted by molar-refractivity contribution is 7.86. The molecule has 1 aliphatic rings. The predicted molar refractivity (Wildman–Crippen MR) is 77.9 cm³/mol. The third kappa shape index (κ3) is 2.16. The van der Waals surface area contributed by atoms with Gasteiger partial charge in [-0.2, -0.15) is 0 Å². The van der Waals surface area contributed by atoms with Crippen molar-refractivity contribution < 1.29 is 13.0 Å². The maximum atomic E-state index is 11.3. The van der Waals surface area contributed by atoms with Crippen molar-refractivity contribution in [2.45, 2.75) is 30.9 Å². The van der Waals surface area contributed by atoms with Crippen LogP contribution in [0.2, 0.25) is 0 Å². The minimum atomic E-state index is -4.22. The third-order valence-corrected chi connectivity index (χ3v) is 7.08. The lowest BCUT2D eigenvalue weighted by Crippen LogP contribution is -2.22. The van der Waals surface area contributed by atoms with E-state index >= 15 is 0 Å². The summed E-state index contributed by atoms with van der Waals surface area (Å²) in [5, 5.41) is 3.27. The second kappa shape index (κ2) is 4.70. The lowest BCUT2D eigenvalue weighted by Gasteiger charge is -2.22. The molecule has 0 saturated heterocycles. The highest BCUT2D eigenvalue weighted by Crippen LogP contribution is 2.52. The summed E-state index contributed by atoms with van der Waals surface area (Å²) in [6.45, 7) is 1.76. The van der Waals surface area contributed by atoms with Crippen LogP contribution in [0.4, 0.5) is 0 Å². The fourth-order valence-corrected chi connectivity index (χ4v) is 5.70. The highest BCUT2D eigenvalue weighted by Gasteiger charge is 2.33. The molecule has 6 heteroatoms. The number of hydrogen-bond acceptors (Lipinski definition) is 5. The first-order valence-electron chi connectivity index (χ1n) is 6.12. The average Bonchev–Trinajstić information content (AvgIpc) is 2.98. The molecule has 2 aromatic heterocycles. The molecule has 0 radical (unpaired) electrons. The van der Waals surface area contributed by atoms with Crippen LogP contribution < -0.4 is 0 Å². The number of hydrogen-bond donors (Lipinski definition) is 0. The van der Waals surface area contributed by atoms with Gasteiger partial charge in [-0.05, 0) is 46.9 Å². The summed E-state index contributed by atoms with van der Waals surface area (Å²) < 4.78 is 33.9. The van der Waals surface area contributed by atoms with E-state index in [1.165, 1.54) is 20.9 Å². The first kappa shape index (κ1) is 13.3. The van der Waals surface area contributed by atoms with Crippen LogP contribution in [0.15, 0.2) is 22.9 Å². The summed E-state index contributed by atoms with van der Waals surface area (Å²) in [6, 6.07) is 4.11. The number of thiophene rings is 2. The SMILES string of the molecule is CCC(CC1c2ccsc2-c2sccc21)S(=O)(=O)[O-]. The lowest BCUT2D eigenvalue weighted by molar-refractivity contribution is 0.437. The van der Waals surface area contributed by atoms with E-state index in [1.807, 2.05) is 10.8 Å². The molecule has 0 N–H and O–H groups in total. The Labute approximate surface area is 120 Å². The van der Waals surface area contributed by atoms with E-state index in [4.69, 9.17) is 0 Å². The summed E-state index contributed by atoms with van der Waals surface area (Å²) in [5.41, 5.74) is 2.38. The zero-order valence-corrected chi connectivity index (χ0v) is 12.8. The van der Waals surface area contributed by atoms with Crippen LogP contribution in [0.5, 0.6) is 0 Å². The van der Waals surface area contributed by atoms with Crippen LogP contribution >= 0.6 is 22.7 Å². The Kier molecular flexibility index (Phi) is 3.29. The van der Waals surface area contributed by atoms with Gasteiger partial charge in [0.05, 0.1) is 15.4 Å². The molecule has 1 unspecified atom stereocenters. The highest BCUT2D eigenvalue weighted by atomic mass is 32.2. The molecule has 19 heavy (non-hydrogen) atoms. The molecule has 0 fully saturated rings. The lowest BCUT2D eigenvalue weighted by atomic mass is 9.93. The van der Waals surface area contributed by atoms with E-state index in [2.05, 4.69) is 12.1 Å². The summed E-state index contributed by atoms with van der Waals surface area (Å²) in [7, 11) is -4.22. The summed E-state index contributed by atoms with van der Waals surface area (Å²) in [4.78, 5) is 2.49. The quantitative estimate of drug-likeness (QED) is 0.810. The Morgan fingerprint density at radius 2 is 1.74 bits per heavy atom. The minimum Gasteiger partial charge on any atom is -0.748 e. The Hall–Kier alpha value is -0.690. The predicted octanol–water partition coefficient (Wildman–Crippen LogP) is 3.64. The monoisotopic (exact) mass is 313 g/mol. The normalized spacial score (nSPS) is 16.3. The second-order valence-corrected chi connectivity index (χ2v) is 8.21. The fraction of sp³-hybridized carbons (Fsp3) is 0.385. The smallest absolute Gasteiger partial charge is 0.0975 e. The Bertz CT molecular complexity index is 656. The van der Waals surface area contributed by atoms with Crippen molar-refractivity contribution >= 4 is 32.8 Å². The number of rotatable bonds is 4. The van der Waals surface area contributed by atoms with E-state index in [-0.39, 0.29) is 5.92 Å². The molecule has 0 aromatic carbocycles. The molecule has 0 aliphatic heterocycles. The number of fused-ring (bicyclic) bond motifs is 3. The van der Waals surface area contributed by atoms with Gasteiger partial charge in [0, 0.05) is 15.7 Å². The van der Waals surface area contributed by atoms with Crippen molar-refractivity contribution in [3.05, 3.63) is 34.0 Å². The minimum absolute atomic E-state index is 0.0659. The van der Waals surface area contributed by atoms with Crippen molar-refractivity contribution in [3.63, 3.8) is 0 Å². The van der Waals surface area contributed by atoms with Crippen LogP contribution in [0.1, 0.15) is 36.8 Å². The van der Waals surface area contributed by atoms with Gasteiger partial charge in [-0.3, -0.25) is 0 Å². The topological polar surface area (TPSA) is 57.2 Å². The van der Waals surface area contributed by atoms with Crippen LogP contribution in [0.3, 0.4) is 0 Å². The Morgan fingerprint density at radius 1 is 1.21 bits per heavy atom. The van der Waals surface area contributed by atoms with Gasteiger partial charge in [0.25, 0.3) is 0 Å². The zero-order valence-electron chi connectivity index (χ0n) is 10.3. The van der Waals surface area contributed by atoms with Crippen molar-refractivity contribution in [1.82, 2.24) is 0 Å². The molecule has 102 valence electrons. The molecule has 2 heterocycles. The Morgan fingerprint density at radius 3 is 2.16 bits per heavy atom. The molecular weight excluding hydrogens is 300 g/mol. The van der Waals surface area contributed by atoms with Crippen molar-refractivity contribution in [2.75, 3.05) is 0 Å². The van der Waals surface area contributed by atoms with Crippen LogP contribution in [0.25, 0.3) is 9.75 Å². The van der Waals surface area contributed by atoms with Gasteiger partial charge < -0.3 is 4.55 Å². The second-order valence-electron chi connectivity index (χ2n) is 4.72. The van der Waals surface area contributed by atoms with Gasteiger partial charge >= 0.3 is 0 Å². The standard InChI is InChI=1S/C13H14O3S3/c1-2-8(19(14,15)16)7-11-9-3-5-17-12(9)13-10(11)4-6-18-13/h3-6,8,11H,2,7H2,1H3,(H,14,15,16)/p-1.